The summed E-state index contributed by atoms with van der Waals surface area (Å²) in [6.45, 7) is -0.871. The Balaban J connectivity index is 2.13. The zero-order valence-corrected chi connectivity index (χ0v) is 14.2. The highest BCUT2D eigenvalue weighted by Crippen LogP contribution is 2.34. The molecular formula is C15H28O10. The smallest absolute Gasteiger partial charge is 0.186 e. The number of aliphatic hydroxyl groups excluding tert-OH is 6. The molecule has 10 unspecified atom stereocenters. The molecule has 0 bridgehead atoms. The van der Waals surface area contributed by atoms with Gasteiger partial charge in [0.05, 0.1) is 31.5 Å². The first-order chi connectivity index (χ1) is 11.9. The number of aliphatic hydroxyl groups is 6. The minimum Gasteiger partial charge on any atom is -0.394 e. The van der Waals surface area contributed by atoms with Gasteiger partial charge in [-0.3, -0.25) is 0 Å². The van der Waals surface area contributed by atoms with Crippen LogP contribution in [0.2, 0.25) is 0 Å². The zero-order valence-electron chi connectivity index (χ0n) is 14.2. The summed E-state index contributed by atoms with van der Waals surface area (Å²) < 4.78 is 21.0. The molecule has 0 aliphatic carbocycles. The standard InChI is InChI=1S/C15H28O10/c1-22-14-9(5-17)24-7(11(19)12(14)20)3-6-8(4-16)25-15(23-2)13(21)10(6)18/h6-21H,3-5H2,1-2H3. The van der Waals surface area contributed by atoms with E-state index in [1.807, 2.05) is 0 Å². The van der Waals surface area contributed by atoms with Crippen LogP contribution in [0.15, 0.2) is 0 Å². The molecule has 2 fully saturated rings. The van der Waals surface area contributed by atoms with Crippen molar-refractivity contribution < 1.29 is 49.6 Å². The molecule has 10 atom stereocenters. The third-order valence-corrected chi connectivity index (χ3v) is 5.01. The minimum absolute atomic E-state index is 0.0228. The first-order valence-electron chi connectivity index (χ1n) is 8.20. The number of methoxy groups -OCH3 is 2. The van der Waals surface area contributed by atoms with E-state index in [9.17, 15) is 30.6 Å². The van der Waals surface area contributed by atoms with E-state index in [4.69, 9.17) is 18.9 Å². The second-order valence-electron chi connectivity index (χ2n) is 6.42. The lowest BCUT2D eigenvalue weighted by Crippen LogP contribution is -2.62. The predicted octanol–water partition coefficient (Wildman–Crippen LogP) is -3.43. The maximum absolute atomic E-state index is 10.3. The van der Waals surface area contributed by atoms with E-state index in [1.54, 1.807) is 0 Å². The maximum atomic E-state index is 10.3. The van der Waals surface area contributed by atoms with Crippen LogP contribution >= 0.6 is 0 Å². The molecule has 2 aliphatic rings. The Morgan fingerprint density at radius 1 is 0.720 bits per heavy atom. The normalized spacial score (nSPS) is 48.5. The van der Waals surface area contributed by atoms with Crippen LogP contribution in [0.25, 0.3) is 0 Å². The molecule has 0 aromatic carbocycles. The van der Waals surface area contributed by atoms with Crippen molar-refractivity contribution in [2.45, 2.75) is 61.5 Å². The Labute approximate surface area is 145 Å². The van der Waals surface area contributed by atoms with E-state index >= 15 is 0 Å². The molecular weight excluding hydrogens is 340 g/mol. The maximum Gasteiger partial charge on any atom is 0.186 e. The lowest BCUT2D eigenvalue weighted by Gasteiger charge is -2.46. The van der Waals surface area contributed by atoms with Gasteiger partial charge in [-0.2, -0.15) is 0 Å². The Morgan fingerprint density at radius 2 is 1.36 bits per heavy atom. The summed E-state index contributed by atoms with van der Waals surface area (Å²) in [5.74, 6) is -0.781. The highest BCUT2D eigenvalue weighted by Gasteiger charge is 2.49. The fourth-order valence-electron chi connectivity index (χ4n) is 3.57. The fraction of sp³-hybridized carbons (Fsp3) is 1.00. The molecule has 0 radical (unpaired) electrons. The summed E-state index contributed by atoms with van der Waals surface area (Å²) in [5, 5.41) is 59.8. The average molecular weight is 368 g/mol. The van der Waals surface area contributed by atoms with E-state index in [0.29, 0.717) is 0 Å². The Morgan fingerprint density at radius 3 is 1.88 bits per heavy atom. The topological polar surface area (TPSA) is 158 Å². The van der Waals surface area contributed by atoms with Gasteiger partial charge in [-0.25, -0.2) is 0 Å². The lowest BCUT2D eigenvalue weighted by atomic mass is 9.81. The summed E-state index contributed by atoms with van der Waals surface area (Å²) in [6.07, 6.45) is -9.96. The summed E-state index contributed by atoms with van der Waals surface area (Å²) in [5.41, 5.74) is 0. The summed E-state index contributed by atoms with van der Waals surface area (Å²) in [6, 6.07) is 0. The van der Waals surface area contributed by atoms with Gasteiger partial charge in [0.1, 0.15) is 30.5 Å². The summed E-state index contributed by atoms with van der Waals surface area (Å²) in [7, 11) is 2.63. The van der Waals surface area contributed by atoms with Gasteiger partial charge in [0.25, 0.3) is 0 Å². The molecule has 0 amide bonds. The highest BCUT2D eigenvalue weighted by molar-refractivity contribution is 4.97. The molecule has 10 nitrogen and oxygen atoms in total. The van der Waals surface area contributed by atoms with Crippen molar-refractivity contribution in [3.05, 3.63) is 0 Å². The first-order valence-corrected chi connectivity index (χ1v) is 8.20. The SMILES string of the molecule is COC1OC(CO)C(CC2OC(CO)C(OC)C(O)C2O)C(O)C1O. The third kappa shape index (κ3) is 4.14. The van der Waals surface area contributed by atoms with Gasteiger partial charge in [-0.05, 0) is 6.42 Å². The zero-order chi connectivity index (χ0) is 18.7. The molecule has 6 N–H and O–H groups in total. The van der Waals surface area contributed by atoms with Gasteiger partial charge in [0, 0.05) is 20.1 Å². The van der Waals surface area contributed by atoms with Crippen molar-refractivity contribution in [3.63, 3.8) is 0 Å². The molecule has 2 saturated heterocycles. The molecule has 0 aromatic heterocycles. The third-order valence-electron chi connectivity index (χ3n) is 5.01. The molecule has 0 aromatic rings. The van der Waals surface area contributed by atoms with Crippen molar-refractivity contribution in [2.24, 2.45) is 5.92 Å². The Kier molecular flexibility index (Phi) is 7.52. The van der Waals surface area contributed by atoms with Gasteiger partial charge in [-0.15, -0.1) is 0 Å². The Hall–Kier alpha value is -0.400. The first kappa shape index (κ1) is 20.9. The number of rotatable bonds is 6. The molecule has 2 rings (SSSR count). The largest absolute Gasteiger partial charge is 0.394 e. The van der Waals surface area contributed by atoms with Crippen molar-refractivity contribution in [1.82, 2.24) is 0 Å². The van der Waals surface area contributed by atoms with E-state index in [-0.39, 0.29) is 6.42 Å². The van der Waals surface area contributed by atoms with Crippen molar-refractivity contribution in [2.75, 3.05) is 27.4 Å². The molecule has 0 saturated carbocycles. The average Bonchev–Trinajstić information content (AvgIpc) is 2.62. The Bertz CT molecular complexity index is 406. The fourth-order valence-corrected chi connectivity index (χ4v) is 3.57. The summed E-state index contributed by atoms with van der Waals surface area (Å²) >= 11 is 0. The number of hydrogen-bond donors (Lipinski definition) is 6. The monoisotopic (exact) mass is 368 g/mol. The van der Waals surface area contributed by atoms with E-state index < -0.39 is 74.3 Å². The van der Waals surface area contributed by atoms with Gasteiger partial charge in [0.2, 0.25) is 0 Å². The molecule has 25 heavy (non-hydrogen) atoms. The van der Waals surface area contributed by atoms with E-state index in [1.165, 1.54) is 14.2 Å². The van der Waals surface area contributed by atoms with Crippen molar-refractivity contribution >= 4 is 0 Å². The van der Waals surface area contributed by atoms with Gasteiger partial charge in [0.15, 0.2) is 6.29 Å². The predicted molar refractivity (Wildman–Crippen MR) is 81.4 cm³/mol. The van der Waals surface area contributed by atoms with Crippen LogP contribution in [0.3, 0.4) is 0 Å². The highest BCUT2D eigenvalue weighted by atomic mass is 16.7. The van der Waals surface area contributed by atoms with Crippen LogP contribution in [0.5, 0.6) is 0 Å². The van der Waals surface area contributed by atoms with Crippen molar-refractivity contribution in [3.8, 4) is 0 Å². The second kappa shape index (κ2) is 9.00. The molecule has 10 heteroatoms. The van der Waals surface area contributed by atoms with Crippen LogP contribution in [0.4, 0.5) is 0 Å². The number of hydrogen-bond acceptors (Lipinski definition) is 10. The van der Waals surface area contributed by atoms with Crippen LogP contribution in [0.1, 0.15) is 6.42 Å². The molecule has 2 heterocycles. The van der Waals surface area contributed by atoms with Crippen molar-refractivity contribution in [1.29, 1.82) is 0 Å². The molecule has 2 aliphatic heterocycles. The van der Waals surface area contributed by atoms with E-state index in [0.717, 1.165) is 0 Å². The van der Waals surface area contributed by atoms with Gasteiger partial charge in [-0.1, -0.05) is 0 Å². The minimum atomic E-state index is -1.34. The van der Waals surface area contributed by atoms with Gasteiger partial charge >= 0.3 is 0 Å². The second-order valence-corrected chi connectivity index (χ2v) is 6.42. The van der Waals surface area contributed by atoms with Crippen LogP contribution < -0.4 is 0 Å². The number of ether oxygens (including phenoxy) is 4. The van der Waals surface area contributed by atoms with Crippen LogP contribution in [-0.4, -0.2) is 113 Å². The van der Waals surface area contributed by atoms with E-state index in [2.05, 4.69) is 0 Å². The lowest BCUT2D eigenvalue weighted by molar-refractivity contribution is -0.293. The summed E-state index contributed by atoms with van der Waals surface area (Å²) in [4.78, 5) is 0. The van der Waals surface area contributed by atoms with Crippen LogP contribution in [0, 0.1) is 5.92 Å². The quantitative estimate of drug-likeness (QED) is 0.279. The van der Waals surface area contributed by atoms with Crippen LogP contribution in [-0.2, 0) is 18.9 Å². The van der Waals surface area contributed by atoms with Gasteiger partial charge < -0.3 is 49.6 Å². The molecule has 0 spiro atoms. The molecule has 148 valence electrons.